The molecule has 0 amide bonds. The van der Waals surface area contributed by atoms with Crippen molar-refractivity contribution in [2.75, 3.05) is 0 Å². The van der Waals surface area contributed by atoms with Crippen LogP contribution in [0.25, 0.3) is 11.1 Å². The van der Waals surface area contributed by atoms with E-state index in [0.29, 0.717) is 6.07 Å². The molecule has 1 heterocycles. The van der Waals surface area contributed by atoms with Gasteiger partial charge in [-0.05, 0) is 32.0 Å². The van der Waals surface area contributed by atoms with Crippen molar-refractivity contribution in [1.82, 2.24) is 4.98 Å². The van der Waals surface area contributed by atoms with Gasteiger partial charge in [-0.2, -0.15) is 13.2 Å². The van der Waals surface area contributed by atoms with Gasteiger partial charge in [-0.15, -0.1) is 6.42 Å². The van der Waals surface area contributed by atoms with Crippen LogP contribution in [0.2, 0.25) is 5.02 Å². The number of benzene rings is 1. The molecule has 1 atom stereocenters. The van der Waals surface area contributed by atoms with Gasteiger partial charge >= 0.3 is 12.1 Å². The molecule has 30 heavy (non-hydrogen) atoms. The zero-order valence-electron chi connectivity index (χ0n) is 15.4. The number of carboxylic acids is 1. The number of halogens is 7. The molecular formula is C19H14Cl3F4NO3. The quantitative estimate of drug-likeness (QED) is 0.280. The zero-order chi connectivity index (χ0) is 23.0. The fourth-order valence-corrected chi connectivity index (χ4v) is 3.09. The monoisotopic (exact) mass is 485 g/mol. The number of H-pyrrole nitrogens is 1. The Morgan fingerprint density at radius 3 is 2.30 bits per heavy atom. The third kappa shape index (κ3) is 4.97. The third-order valence-electron chi connectivity index (χ3n) is 4.18. The van der Waals surface area contributed by atoms with Crippen LogP contribution < -0.4 is 4.74 Å². The van der Waals surface area contributed by atoms with Gasteiger partial charge in [-0.1, -0.05) is 40.7 Å². The first kappa shape index (κ1) is 24.2. The molecule has 0 aliphatic heterocycles. The van der Waals surface area contributed by atoms with Gasteiger partial charge in [-0.25, -0.2) is 9.18 Å². The molecule has 0 aliphatic carbocycles. The number of aliphatic carboxylic acids is 1. The van der Waals surface area contributed by atoms with Crippen LogP contribution in [-0.4, -0.2) is 22.2 Å². The maximum absolute atomic E-state index is 14.6. The van der Waals surface area contributed by atoms with E-state index < -0.39 is 40.0 Å². The lowest BCUT2D eigenvalue weighted by atomic mass is 9.87. The number of ether oxygens (including phenoxy) is 1. The van der Waals surface area contributed by atoms with E-state index in [1.807, 2.05) is 4.98 Å². The summed E-state index contributed by atoms with van der Waals surface area (Å²) in [5.41, 5.74) is -3.47. The number of aromatic amines is 1. The maximum atomic E-state index is 14.6. The molecule has 2 N–H and O–H groups in total. The molecule has 0 aliphatic rings. The lowest BCUT2D eigenvalue weighted by Crippen LogP contribution is -2.40. The molecule has 0 saturated heterocycles. The topological polar surface area (TPSA) is 62.3 Å². The summed E-state index contributed by atoms with van der Waals surface area (Å²) in [4.78, 5) is 12.2. The Kier molecular flexibility index (Phi) is 6.92. The molecule has 0 radical (unpaired) electrons. The second-order valence-corrected chi connectivity index (χ2v) is 8.28. The maximum Gasteiger partial charge on any atom is 0.431 e. The van der Waals surface area contributed by atoms with E-state index in [0.717, 1.165) is 12.1 Å². The first-order chi connectivity index (χ1) is 13.7. The van der Waals surface area contributed by atoms with E-state index in [2.05, 4.69) is 5.92 Å². The molecule has 162 valence electrons. The number of rotatable bonds is 6. The highest BCUT2D eigenvalue weighted by molar-refractivity contribution is 6.44. The van der Waals surface area contributed by atoms with Crippen molar-refractivity contribution >= 4 is 40.8 Å². The Morgan fingerprint density at radius 1 is 1.23 bits per heavy atom. The standard InChI is InChI=1S/C19H14Cl3F4NO3/c1-4-18(2,3)15(17(28)29)30-12-5-8(11(23)7-10(12)20)9-6-13(19(24,25)26)27-14(9)16(21)22/h1,5-7,15-16,27H,2-3H3,(H,28,29). The van der Waals surface area contributed by atoms with Crippen molar-refractivity contribution in [2.45, 2.75) is 31.0 Å². The minimum absolute atomic E-state index is 0.292. The van der Waals surface area contributed by atoms with E-state index in [4.69, 9.17) is 46.0 Å². The number of aromatic nitrogens is 1. The summed E-state index contributed by atoms with van der Waals surface area (Å²) in [6.45, 7) is 2.85. The smallest absolute Gasteiger partial charge is 0.431 e. The third-order valence-corrected chi connectivity index (χ3v) is 4.91. The average Bonchev–Trinajstić information content (AvgIpc) is 3.06. The molecule has 2 rings (SSSR count). The van der Waals surface area contributed by atoms with Crippen LogP contribution in [0.15, 0.2) is 18.2 Å². The van der Waals surface area contributed by atoms with Crippen molar-refractivity contribution in [2.24, 2.45) is 5.41 Å². The lowest BCUT2D eigenvalue weighted by Gasteiger charge is -2.27. The largest absolute Gasteiger partial charge is 0.478 e. The summed E-state index contributed by atoms with van der Waals surface area (Å²) < 4.78 is 59.3. The van der Waals surface area contributed by atoms with Crippen molar-refractivity contribution in [1.29, 1.82) is 0 Å². The van der Waals surface area contributed by atoms with Gasteiger partial charge < -0.3 is 14.8 Å². The van der Waals surface area contributed by atoms with Gasteiger partial charge in [0.2, 0.25) is 6.10 Å². The van der Waals surface area contributed by atoms with Crippen molar-refractivity contribution in [3.05, 3.63) is 40.4 Å². The van der Waals surface area contributed by atoms with E-state index >= 15 is 0 Å². The minimum Gasteiger partial charge on any atom is -0.478 e. The second-order valence-electron chi connectivity index (χ2n) is 6.77. The predicted molar refractivity (Wildman–Crippen MR) is 105 cm³/mol. The molecule has 1 unspecified atom stereocenters. The van der Waals surface area contributed by atoms with E-state index in [1.165, 1.54) is 13.8 Å². The van der Waals surface area contributed by atoms with Crippen LogP contribution in [0, 0.1) is 23.6 Å². The molecule has 0 spiro atoms. The summed E-state index contributed by atoms with van der Waals surface area (Å²) in [5, 5.41) is 9.13. The SMILES string of the molecule is C#CC(C)(C)C(Oc1cc(-c2cc(C(F)(F)F)[nH]c2C(Cl)Cl)c(F)cc1Cl)C(=O)O. The number of terminal acetylenes is 1. The van der Waals surface area contributed by atoms with E-state index in [9.17, 15) is 27.5 Å². The number of carboxylic acid groups (broad SMARTS) is 1. The summed E-state index contributed by atoms with van der Waals surface area (Å²) in [7, 11) is 0. The molecule has 4 nitrogen and oxygen atoms in total. The van der Waals surface area contributed by atoms with Crippen molar-refractivity contribution in [3.8, 4) is 29.2 Å². The molecule has 11 heteroatoms. The van der Waals surface area contributed by atoms with Gasteiger partial charge in [0.15, 0.2) is 0 Å². The molecule has 0 fully saturated rings. The number of carbonyl (C=O) groups is 1. The second kappa shape index (κ2) is 8.58. The van der Waals surface area contributed by atoms with E-state index in [1.54, 1.807) is 0 Å². The number of alkyl halides is 5. The summed E-state index contributed by atoms with van der Waals surface area (Å²) in [6.07, 6.45) is -1.00. The fourth-order valence-electron chi connectivity index (χ4n) is 2.55. The fraction of sp³-hybridized carbons (Fsp3) is 0.316. The molecule has 1 aromatic carbocycles. The molecule has 1 aromatic heterocycles. The van der Waals surface area contributed by atoms with Gasteiger partial charge in [0.25, 0.3) is 0 Å². The highest BCUT2D eigenvalue weighted by Gasteiger charge is 2.37. The summed E-state index contributed by atoms with van der Waals surface area (Å²) >= 11 is 17.4. The van der Waals surface area contributed by atoms with Crippen LogP contribution in [-0.2, 0) is 11.0 Å². The Balaban J connectivity index is 2.64. The van der Waals surface area contributed by atoms with Crippen LogP contribution >= 0.6 is 34.8 Å². The average molecular weight is 487 g/mol. The lowest BCUT2D eigenvalue weighted by molar-refractivity contribution is -0.149. The number of hydrogen-bond donors (Lipinski definition) is 2. The molecule has 2 aromatic rings. The normalized spacial score (nSPS) is 13.2. The van der Waals surface area contributed by atoms with Crippen LogP contribution in [0.3, 0.4) is 0 Å². The van der Waals surface area contributed by atoms with Crippen molar-refractivity contribution < 1.29 is 32.2 Å². The highest BCUT2D eigenvalue weighted by atomic mass is 35.5. The van der Waals surface area contributed by atoms with Crippen LogP contribution in [0.5, 0.6) is 5.75 Å². The van der Waals surface area contributed by atoms with Crippen LogP contribution in [0.1, 0.15) is 30.1 Å². The van der Waals surface area contributed by atoms with Gasteiger partial charge in [-0.3, -0.25) is 0 Å². The Labute approximate surface area is 184 Å². The van der Waals surface area contributed by atoms with Crippen molar-refractivity contribution in [3.63, 3.8) is 0 Å². The Morgan fingerprint density at radius 2 is 1.83 bits per heavy atom. The molecular weight excluding hydrogens is 473 g/mol. The summed E-state index contributed by atoms with van der Waals surface area (Å²) in [5.74, 6) is -0.440. The summed E-state index contributed by atoms with van der Waals surface area (Å²) in [6, 6.07) is 2.36. The first-order valence-corrected chi connectivity index (χ1v) is 9.39. The zero-order valence-corrected chi connectivity index (χ0v) is 17.6. The Bertz CT molecular complexity index is 1010. The molecule has 0 bridgehead atoms. The van der Waals surface area contributed by atoms with Gasteiger partial charge in [0.1, 0.15) is 22.1 Å². The number of nitrogens with one attached hydrogen (secondary N) is 1. The first-order valence-electron chi connectivity index (χ1n) is 8.14. The highest BCUT2D eigenvalue weighted by Crippen LogP contribution is 2.42. The number of hydrogen-bond acceptors (Lipinski definition) is 2. The minimum atomic E-state index is -4.77. The van der Waals surface area contributed by atoms with Gasteiger partial charge in [0.05, 0.1) is 16.1 Å². The van der Waals surface area contributed by atoms with Gasteiger partial charge in [0, 0.05) is 11.1 Å². The van der Waals surface area contributed by atoms with E-state index in [-0.39, 0.29) is 27.6 Å². The molecule has 0 saturated carbocycles. The van der Waals surface area contributed by atoms with Crippen LogP contribution in [0.4, 0.5) is 17.6 Å². The predicted octanol–water partition coefficient (Wildman–Crippen LogP) is 6.46. The Hall–Kier alpha value is -2.08.